The van der Waals surface area contributed by atoms with Gasteiger partial charge in [-0.25, -0.2) is 9.31 Å². The largest absolute Gasteiger partial charge is 0.480 e. The molecule has 2 N–H and O–H groups in total. The van der Waals surface area contributed by atoms with Gasteiger partial charge in [-0.05, 0) is 42.5 Å². The first-order chi connectivity index (χ1) is 13.6. The minimum atomic E-state index is -0.901. The molecule has 9 nitrogen and oxygen atoms in total. The van der Waals surface area contributed by atoms with E-state index in [-0.39, 0.29) is 6.10 Å². The number of nitrogens with zero attached hydrogens (tertiary/aromatic N) is 5. The highest BCUT2D eigenvalue weighted by molar-refractivity contribution is 6.07. The predicted octanol–water partition coefficient (Wildman–Crippen LogP) is 1.57. The second-order valence-electron chi connectivity index (χ2n) is 7.52. The molecule has 2 atom stereocenters. The van der Waals surface area contributed by atoms with Gasteiger partial charge in [-0.3, -0.25) is 4.99 Å². The Kier molecular flexibility index (Phi) is 4.04. The van der Waals surface area contributed by atoms with Crippen molar-refractivity contribution in [2.45, 2.75) is 31.4 Å². The SMILES string of the molecule is CO[C@H]1C[C@@H](C(=O)O)N(c2nc(NC3=NCC(C4CC4)=C3)c3cccn3n2)C1. The smallest absolute Gasteiger partial charge is 0.326 e. The third-order valence-electron chi connectivity index (χ3n) is 5.62. The van der Waals surface area contributed by atoms with Gasteiger partial charge in [0.05, 0.1) is 12.6 Å². The van der Waals surface area contributed by atoms with Crippen molar-refractivity contribution in [3.8, 4) is 0 Å². The number of carbonyl (C=O) groups is 1. The number of carboxylic acid groups (broad SMARTS) is 1. The third-order valence-corrected chi connectivity index (χ3v) is 5.62. The highest BCUT2D eigenvalue weighted by Gasteiger charge is 2.39. The van der Waals surface area contributed by atoms with Gasteiger partial charge in [0.25, 0.3) is 0 Å². The minimum absolute atomic E-state index is 0.162. The summed E-state index contributed by atoms with van der Waals surface area (Å²) in [6.45, 7) is 1.18. The molecule has 0 amide bonds. The molecule has 0 spiro atoms. The Hall–Kier alpha value is -2.94. The van der Waals surface area contributed by atoms with Crippen LogP contribution in [0.15, 0.2) is 35.0 Å². The number of hydrogen-bond donors (Lipinski definition) is 2. The zero-order valence-electron chi connectivity index (χ0n) is 15.6. The maximum Gasteiger partial charge on any atom is 0.326 e. The summed E-state index contributed by atoms with van der Waals surface area (Å²) in [4.78, 5) is 22.7. The van der Waals surface area contributed by atoms with Crippen molar-refractivity contribution in [3.63, 3.8) is 0 Å². The molecule has 1 aliphatic carbocycles. The number of amidine groups is 1. The average Bonchev–Trinajstić information content (AvgIpc) is 3.11. The summed E-state index contributed by atoms with van der Waals surface area (Å²) in [6.07, 6.45) is 6.68. The molecule has 146 valence electrons. The fourth-order valence-electron chi connectivity index (χ4n) is 3.90. The lowest BCUT2D eigenvalue weighted by Crippen LogP contribution is -2.37. The molecule has 3 aliphatic rings. The number of fused-ring (bicyclic) bond motifs is 1. The van der Waals surface area contributed by atoms with E-state index in [1.165, 1.54) is 18.4 Å². The van der Waals surface area contributed by atoms with Crippen LogP contribution in [0.2, 0.25) is 0 Å². The van der Waals surface area contributed by atoms with Crippen molar-refractivity contribution < 1.29 is 14.6 Å². The van der Waals surface area contributed by atoms with Crippen LogP contribution in [0.4, 0.5) is 11.8 Å². The van der Waals surface area contributed by atoms with Gasteiger partial charge >= 0.3 is 5.97 Å². The highest BCUT2D eigenvalue weighted by Crippen LogP contribution is 2.38. The minimum Gasteiger partial charge on any atom is -0.480 e. The van der Waals surface area contributed by atoms with Gasteiger partial charge in [0.15, 0.2) is 5.82 Å². The Morgan fingerprint density at radius 3 is 3.00 bits per heavy atom. The summed E-state index contributed by atoms with van der Waals surface area (Å²) in [5.74, 6) is 1.56. The van der Waals surface area contributed by atoms with Crippen LogP contribution in [0.5, 0.6) is 0 Å². The lowest BCUT2D eigenvalue weighted by atomic mass is 10.2. The number of rotatable bonds is 5. The molecule has 0 unspecified atom stereocenters. The summed E-state index contributed by atoms with van der Waals surface area (Å²) in [5, 5.41) is 17.5. The van der Waals surface area contributed by atoms with Crippen LogP contribution < -0.4 is 10.2 Å². The highest BCUT2D eigenvalue weighted by atomic mass is 16.5. The van der Waals surface area contributed by atoms with Gasteiger partial charge in [-0.15, -0.1) is 5.10 Å². The van der Waals surface area contributed by atoms with Crippen molar-refractivity contribution in [1.29, 1.82) is 0 Å². The number of methoxy groups -OCH3 is 1. The number of anilines is 2. The topological polar surface area (TPSA) is 104 Å². The molecule has 0 aromatic carbocycles. The molecule has 4 heterocycles. The maximum atomic E-state index is 11.7. The lowest BCUT2D eigenvalue weighted by molar-refractivity contribution is -0.138. The van der Waals surface area contributed by atoms with Crippen LogP contribution in [-0.2, 0) is 9.53 Å². The Morgan fingerprint density at radius 1 is 1.39 bits per heavy atom. The summed E-state index contributed by atoms with van der Waals surface area (Å²) < 4.78 is 7.10. The number of nitrogens with one attached hydrogen (secondary N) is 1. The van der Waals surface area contributed by atoms with Gasteiger partial charge < -0.3 is 20.1 Å². The second kappa shape index (κ2) is 6.59. The van der Waals surface area contributed by atoms with Crippen LogP contribution in [0.1, 0.15) is 19.3 Å². The Bertz CT molecular complexity index is 993. The van der Waals surface area contributed by atoms with Gasteiger partial charge in [-0.2, -0.15) is 4.98 Å². The van der Waals surface area contributed by atoms with Crippen LogP contribution in [0, 0.1) is 5.92 Å². The van der Waals surface area contributed by atoms with Crippen LogP contribution in [0.3, 0.4) is 0 Å². The third kappa shape index (κ3) is 3.01. The van der Waals surface area contributed by atoms with Crippen LogP contribution in [0.25, 0.3) is 5.52 Å². The summed E-state index contributed by atoms with van der Waals surface area (Å²) in [6, 6.07) is 3.09. The van der Waals surface area contributed by atoms with Gasteiger partial charge in [0.1, 0.15) is 17.4 Å². The predicted molar refractivity (Wildman–Crippen MR) is 104 cm³/mol. The zero-order chi connectivity index (χ0) is 19.3. The van der Waals surface area contributed by atoms with E-state index < -0.39 is 12.0 Å². The van der Waals surface area contributed by atoms with Gasteiger partial charge in [0, 0.05) is 26.3 Å². The second-order valence-corrected chi connectivity index (χ2v) is 7.52. The van der Waals surface area contributed by atoms with E-state index in [1.807, 2.05) is 18.3 Å². The van der Waals surface area contributed by atoms with Crippen molar-refractivity contribution >= 4 is 29.1 Å². The molecule has 0 bridgehead atoms. The molecule has 2 aromatic heterocycles. The molecule has 9 heteroatoms. The molecular weight excluding hydrogens is 360 g/mol. The van der Waals surface area contributed by atoms with Crippen LogP contribution in [-0.4, -0.2) is 63.9 Å². The molecule has 28 heavy (non-hydrogen) atoms. The zero-order valence-corrected chi connectivity index (χ0v) is 15.6. The van der Waals surface area contributed by atoms with E-state index in [9.17, 15) is 9.90 Å². The van der Waals surface area contributed by atoms with E-state index in [2.05, 4.69) is 26.5 Å². The van der Waals surface area contributed by atoms with Crippen molar-refractivity contribution in [3.05, 3.63) is 30.0 Å². The number of hydrogen-bond acceptors (Lipinski definition) is 7. The normalized spacial score (nSPS) is 24.5. The number of aromatic nitrogens is 3. The first kappa shape index (κ1) is 17.2. The summed E-state index contributed by atoms with van der Waals surface area (Å²) in [5.41, 5.74) is 2.19. The first-order valence-electron chi connectivity index (χ1n) is 9.52. The van der Waals surface area contributed by atoms with Gasteiger partial charge in [0.2, 0.25) is 5.95 Å². The molecule has 2 aromatic rings. The number of ether oxygens (including phenoxy) is 1. The Labute approximate surface area is 161 Å². The van der Waals surface area contributed by atoms with E-state index >= 15 is 0 Å². The Balaban J connectivity index is 1.48. The summed E-state index contributed by atoms with van der Waals surface area (Å²) >= 11 is 0. The standard InChI is InChI=1S/C19H22N6O3/c1-28-13-8-15(18(26)27)24(10-13)19-22-17(14-3-2-6-25(14)23-19)21-16-7-12(9-20-16)11-4-5-11/h2-3,6-7,11,13,15H,4-5,8-10H2,1H3,(H,26,27)(H,20,21,22,23)/t13-,15-/m0/s1. The first-order valence-corrected chi connectivity index (χ1v) is 9.52. The van der Waals surface area contributed by atoms with Crippen molar-refractivity contribution in [2.75, 3.05) is 30.4 Å². The lowest BCUT2D eigenvalue weighted by Gasteiger charge is -2.22. The fraction of sp³-hybridized carbons (Fsp3) is 0.474. The number of aliphatic imine (C=N–C) groups is 1. The molecule has 1 saturated carbocycles. The van der Waals surface area contributed by atoms with Crippen molar-refractivity contribution in [2.24, 2.45) is 10.9 Å². The van der Waals surface area contributed by atoms with E-state index in [4.69, 9.17) is 4.74 Å². The Morgan fingerprint density at radius 2 is 2.25 bits per heavy atom. The van der Waals surface area contributed by atoms with E-state index in [1.54, 1.807) is 16.5 Å². The molecule has 1 saturated heterocycles. The number of aliphatic carboxylic acids is 1. The van der Waals surface area contributed by atoms with E-state index in [0.29, 0.717) is 30.6 Å². The number of carboxylic acids is 1. The average molecular weight is 382 g/mol. The van der Waals surface area contributed by atoms with Crippen molar-refractivity contribution in [1.82, 2.24) is 14.6 Å². The quantitative estimate of drug-likeness (QED) is 0.809. The summed E-state index contributed by atoms with van der Waals surface area (Å²) in [7, 11) is 1.60. The molecule has 2 fully saturated rings. The van der Waals surface area contributed by atoms with Gasteiger partial charge in [-0.1, -0.05) is 0 Å². The monoisotopic (exact) mass is 382 g/mol. The maximum absolute atomic E-state index is 11.7. The van der Waals surface area contributed by atoms with Crippen LogP contribution >= 0.6 is 0 Å². The molecular formula is C19H22N6O3. The van der Waals surface area contributed by atoms with E-state index in [0.717, 1.165) is 17.9 Å². The molecule has 5 rings (SSSR count). The fourth-order valence-corrected chi connectivity index (χ4v) is 3.90. The molecule has 0 radical (unpaired) electrons. The molecule has 2 aliphatic heterocycles.